The van der Waals surface area contributed by atoms with Gasteiger partial charge in [-0.2, -0.15) is 0 Å². The van der Waals surface area contributed by atoms with Crippen molar-refractivity contribution in [3.8, 4) is 0 Å². The van der Waals surface area contributed by atoms with Crippen molar-refractivity contribution >= 4 is 11.6 Å². The molecule has 2 aliphatic rings. The summed E-state index contributed by atoms with van der Waals surface area (Å²) < 4.78 is 5.31. The van der Waals surface area contributed by atoms with E-state index in [-0.39, 0.29) is 4.87 Å². The Kier molecular flexibility index (Phi) is 4.10. The van der Waals surface area contributed by atoms with Gasteiger partial charge >= 0.3 is 0 Å². The SMILES string of the molecule is CCCCCC1C=CC=CC1(Cl)CC1CO1. The Morgan fingerprint density at radius 1 is 1.38 bits per heavy atom. The van der Waals surface area contributed by atoms with E-state index in [9.17, 15) is 0 Å². The van der Waals surface area contributed by atoms with Crippen LogP contribution in [0.15, 0.2) is 24.3 Å². The second-order valence-electron chi connectivity index (χ2n) is 4.93. The normalized spacial score (nSPS) is 36.6. The molecule has 0 bridgehead atoms. The van der Waals surface area contributed by atoms with Gasteiger partial charge in [0.25, 0.3) is 0 Å². The largest absolute Gasteiger partial charge is 0.373 e. The molecule has 0 saturated carbocycles. The molecule has 1 heterocycles. The average molecular weight is 241 g/mol. The van der Waals surface area contributed by atoms with E-state index in [2.05, 4.69) is 31.2 Å². The van der Waals surface area contributed by atoms with Gasteiger partial charge in [0.05, 0.1) is 17.6 Å². The van der Waals surface area contributed by atoms with E-state index in [1.54, 1.807) is 0 Å². The van der Waals surface area contributed by atoms with Crippen molar-refractivity contribution in [2.45, 2.75) is 50.0 Å². The molecule has 3 atom stereocenters. The summed E-state index contributed by atoms with van der Waals surface area (Å²) in [7, 11) is 0. The summed E-state index contributed by atoms with van der Waals surface area (Å²) in [6.45, 7) is 3.14. The Morgan fingerprint density at radius 3 is 2.88 bits per heavy atom. The number of epoxide rings is 1. The van der Waals surface area contributed by atoms with Crippen molar-refractivity contribution < 1.29 is 4.74 Å². The van der Waals surface area contributed by atoms with Crippen LogP contribution in [-0.2, 0) is 4.74 Å². The zero-order chi connectivity index (χ0) is 11.4. The number of unbranched alkanes of at least 4 members (excludes halogenated alkanes) is 2. The van der Waals surface area contributed by atoms with E-state index in [1.807, 2.05) is 0 Å². The molecule has 90 valence electrons. The van der Waals surface area contributed by atoms with Crippen LogP contribution in [0.25, 0.3) is 0 Å². The molecule has 1 aliphatic carbocycles. The molecular formula is C14H21ClO. The minimum Gasteiger partial charge on any atom is -0.373 e. The summed E-state index contributed by atoms with van der Waals surface area (Å²) in [5.41, 5.74) is 0. The number of allylic oxidation sites excluding steroid dienone is 4. The van der Waals surface area contributed by atoms with Gasteiger partial charge in [0.2, 0.25) is 0 Å². The topological polar surface area (TPSA) is 12.5 Å². The van der Waals surface area contributed by atoms with Crippen molar-refractivity contribution in [2.75, 3.05) is 6.61 Å². The highest BCUT2D eigenvalue weighted by molar-refractivity contribution is 6.25. The Labute approximate surface area is 104 Å². The summed E-state index contributed by atoms with van der Waals surface area (Å²) in [5.74, 6) is 0.481. The first-order valence-corrected chi connectivity index (χ1v) is 6.79. The molecule has 0 amide bonds. The molecule has 1 saturated heterocycles. The first-order valence-electron chi connectivity index (χ1n) is 6.41. The summed E-state index contributed by atoms with van der Waals surface area (Å²) in [4.78, 5) is -0.191. The number of hydrogen-bond acceptors (Lipinski definition) is 1. The molecule has 3 unspecified atom stereocenters. The molecule has 0 aromatic rings. The van der Waals surface area contributed by atoms with E-state index >= 15 is 0 Å². The van der Waals surface area contributed by atoms with Crippen molar-refractivity contribution in [2.24, 2.45) is 5.92 Å². The van der Waals surface area contributed by atoms with Gasteiger partial charge in [-0.15, -0.1) is 11.6 Å². The fourth-order valence-electron chi connectivity index (χ4n) is 2.40. The fourth-order valence-corrected chi connectivity index (χ4v) is 2.83. The second-order valence-corrected chi connectivity index (χ2v) is 5.64. The maximum absolute atomic E-state index is 6.74. The molecule has 1 fully saturated rings. The van der Waals surface area contributed by atoms with Crippen LogP contribution in [0.1, 0.15) is 39.0 Å². The standard InChI is InChI=1S/C14H21ClO/c1-2-3-4-7-12-8-5-6-9-14(12,15)10-13-11-16-13/h5-6,8-9,12-13H,2-4,7,10-11H2,1H3. The van der Waals surface area contributed by atoms with E-state index in [0.717, 1.165) is 13.0 Å². The van der Waals surface area contributed by atoms with Crippen molar-refractivity contribution in [1.82, 2.24) is 0 Å². The third-order valence-electron chi connectivity index (χ3n) is 3.51. The third-order valence-corrected chi connectivity index (χ3v) is 4.07. The quantitative estimate of drug-likeness (QED) is 0.387. The highest BCUT2D eigenvalue weighted by atomic mass is 35.5. The Bertz CT molecular complexity index is 280. The van der Waals surface area contributed by atoms with Crippen LogP contribution in [0.2, 0.25) is 0 Å². The highest BCUT2D eigenvalue weighted by Gasteiger charge is 2.39. The van der Waals surface area contributed by atoms with Crippen LogP contribution in [0.3, 0.4) is 0 Å². The van der Waals surface area contributed by atoms with Crippen molar-refractivity contribution in [1.29, 1.82) is 0 Å². The van der Waals surface area contributed by atoms with Crippen LogP contribution in [0.5, 0.6) is 0 Å². The average Bonchev–Trinajstić information content (AvgIpc) is 3.05. The van der Waals surface area contributed by atoms with Gasteiger partial charge in [-0.3, -0.25) is 0 Å². The molecule has 0 aromatic carbocycles. The Morgan fingerprint density at radius 2 is 2.19 bits per heavy atom. The van der Waals surface area contributed by atoms with Gasteiger partial charge in [-0.25, -0.2) is 0 Å². The van der Waals surface area contributed by atoms with Gasteiger partial charge in [0.15, 0.2) is 0 Å². The lowest BCUT2D eigenvalue weighted by atomic mass is 9.81. The Balaban J connectivity index is 1.91. The molecule has 0 radical (unpaired) electrons. The molecule has 1 aliphatic heterocycles. The van der Waals surface area contributed by atoms with E-state index < -0.39 is 0 Å². The summed E-state index contributed by atoms with van der Waals surface area (Å²) in [5, 5.41) is 0. The molecule has 1 nitrogen and oxygen atoms in total. The zero-order valence-corrected chi connectivity index (χ0v) is 10.7. The number of rotatable bonds is 6. The van der Waals surface area contributed by atoms with Crippen molar-refractivity contribution in [3.63, 3.8) is 0 Å². The van der Waals surface area contributed by atoms with Crippen LogP contribution < -0.4 is 0 Å². The zero-order valence-electron chi connectivity index (χ0n) is 9.99. The Hall–Kier alpha value is -0.270. The lowest BCUT2D eigenvalue weighted by Crippen LogP contribution is -2.31. The molecule has 16 heavy (non-hydrogen) atoms. The molecule has 2 rings (SSSR count). The van der Waals surface area contributed by atoms with E-state index in [4.69, 9.17) is 16.3 Å². The predicted octanol–water partition coefficient (Wildman–Crippen LogP) is 4.08. The number of hydrogen-bond donors (Lipinski definition) is 0. The lowest BCUT2D eigenvalue weighted by Gasteiger charge is -2.32. The maximum Gasteiger partial charge on any atom is 0.0830 e. The van der Waals surface area contributed by atoms with Crippen LogP contribution >= 0.6 is 11.6 Å². The van der Waals surface area contributed by atoms with Gasteiger partial charge in [-0.05, 0) is 18.8 Å². The highest BCUT2D eigenvalue weighted by Crippen LogP contribution is 2.41. The van der Waals surface area contributed by atoms with Gasteiger partial charge in [0.1, 0.15) is 0 Å². The smallest absolute Gasteiger partial charge is 0.0830 e. The molecule has 0 N–H and O–H groups in total. The predicted molar refractivity (Wildman–Crippen MR) is 68.9 cm³/mol. The maximum atomic E-state index is 6.74. The number of alkyl halides is 1. The third kappa shape index (κ3) is 3.11. The van der Waals surface area contributed by atoms with Gasteiger partial charge in [0, 0.05) is 0 Å². The summed E-state index contributed by atoms with van der Waals surface area (Å²) in [6, 6.07) is 0. The first-order chi connectivity index (χ1) is 7.74. The van der Waals surface area contributed by atoms with Crippen molar-refractivity contribution in [3.05, 3.63) is 24.3 Å². The minimum atomic E-state index is -0.191. The summed E-state index contributed by atoms with van der Waals surface area (Å²) in [6.07, 6.45) is 15.1. The molecule has 0 aromatic heterocycles. The first kappa shape index (κ1) is 12.2. The lowest BCUT2D eigenvalue weighted by molar-refractivity contribution is 0.346. The van der Waals surface area contributed by atoms with Gasteiger partial charge in [-0.1, -0.05) is 50.5 Å². The molecule has 0 spiro atoms. The minimum absolute atomic E-state index is 0.191. The summed E-state index contributed by atoms with van der Waals surface area (Å²) >= 11 is 6.74. The molecular weight excluding hydrogens is 220 g/mol. The van der Waals surface area contributed by atoms with Crippen LogP contribution in [-0.4, -0.2) is 17.6 Å². The van der Waals surface area contributed by atoms with E-state index in [1.165, 1.54) is 25.7 Å². The number of ether oxygens (including phenoxy) is 1. The van der Waals surface area contributed by atoms with Crippen LogP contribution in [0, 0.1) is 5.92 Å². The second kappa shape index (κ2) is 5.37. The fraction of sp³-hybridized carbons (Fsp3) is 0.714. The monoisotopic (exact) mass is 240 g/mol. The van der Waals surface area contributed by atoms with E-state index in [0.29, 0.717) is 12.0 Å². The van der Waals surface area contributed by atoms with Crippen LogP contribution in [0.4, 0.5) is 0 Å². The molecule has 2 heteroatoms. The number of halogens is 1. The van der Waals surface area contributed by atoms with Gasteiger partial charge < -0.3 is 4.74 Å².